The Balaban J connectivity index is 1.25. The predicted molar refractivity (Wildman–Crippen MR) is 170 cm³/mol. The van der Waals surface area contributed by atoms with Crippen LogP contribution in [-0.4, -0.2) is 51.9 Å². The van der Waals surface area contributed by atoms with Crippen LogP contribution in [0.4, 0.5) is 16.4 Å². The summed E-state index contributed by atoms with van der Waals surface area (Å²) in [6.07, 6.45) is 8.69. The molecule has 0 atom stereocenters. The Hall–Kier alpha value is -4.45. The van der Waals surface area contributed by atoms with Crippen LogP contribution < -0.4 is 20.1 Å². The molecule has 44 heavy (non-hydrogen) atoms. The van der Waals surface area contributed by atoms with Crippen molar-refractivity contribution in [1.29, 1.82) is 0 Å². The third-order valence-electron chi connectivity index (χ3n) is 8.46. The number of amides is 1. The third-order valence-corrected chi connectivity index (χ3v) is 10.3. The Morgan fingerprint density at radius 1 is 0.909 bits per heavy atom. The molecule has 2 aliphatic rings. The van der Waals surface area contributed by atoms with Gasteiger partial charge in [0.15, 0.2) is 0 Å². The summed E-state index contributed by atoms with van der Waals surface area (Å²) in [5.74, 6) is 1.43. The Morgan fingerprint density at radius 2 is 1.64 bits per heavy atom. The summed E-state index contributed by atoms with van der Waals surface area (Å²) in [5, 5.41) is 16.1. The lowest BCUT2D eigenvalue weighted by Crippen LogP contribution is -2.39. The van der Waals surface area contributed by atoms with Gasteiger partial charge >= 0.3 is 6.09 Å². The van der Waals surface area contributed by atoms with Crippen LogP contribution in [0.5, 0.6) is 11.6 Å². The Bertz CT molecular complexity index is 1770. The molecule has 2 aromatic carbocycles. The van der Waals surface area contributed by atoms with Crippen LogP contribution in [0.2, 0.25) is 0 Å². The van der Waals surface area contributed by atoms with Crippen molar-refractivity contribution in [2.45, 2.75) is 75.6 Å². The molecule has 1 amide bonds. The highest BCUT2D eigenvalue weighted by molar-refractivity contribution is 7.93. The summed E-state index contributed by atoms with van der Waals surface area (Å²) >= 11 is 0. The fraction of sp³-hybridized carbons (Fsp3) is 0.375. The highest BCUT2D eigenvalue weighted by Crippen LogP contribution is 2.40. The molecule has 4 aromatic rings. The summed E-state index contributed by atoms with van der Waals surface area (Å²) in [7, 11) is -3.51. The van der Waals surface area contributed by atoms with Gasteiger partial charge in [-0.05, 0) is 75.3 Å². The topological polar surface area (TPSA) is 155 Å². The lowest BCUT2D eigenvalue weighted by atomic mass is 9.91. The van der Waals surface area contributed by atoms with E-state index in [-0.39, 0.29) is 17.3 Å². The first kappa shape index (κ1) is 29.6. The number of rotatable bonds is 9. The number of fused-ring (bicyclic) bond motifs is 1. The van der Waals surface area contributed by atoms with Gasteiger partial charge in [-0.2, -0.15) is 0 Å². The monoisotopic (exact) mass is 616 g/mol. The van der Waals surface area contributed by atoms with Crippen molar-refractivity contribution in [2.24, 2.45) is 0 Å². The number of aryl methyl sites for hydroxylation is 1. The molecule has 0 radical (unpaired) electrons. The maximum absolute atomic E-state index is 13.1. The molecule has 230 valence electrons. The largest absolute Gasteiger partial charge is 0.465 e. The van der Waals surface area contributed by atoms with Gasteiger partial charge in [0.25, 0.3) is 0 Å². The van der Waals surface area contributed by atoms with Gasteiger partial charge in [-0.1, -0.05) is 37.1 Å². The molecule has 4 N–H and O–H groups in total. The standard InChI is InChI=1S/C32H36N6O5S/c1-20-19-28(38-44(41,42)23-7-2-3-8-23)24-9-4-5-10-25(24)29(20)43-30-26(11-6-17-33-30)27-16-18-34-31(37-27)35-21-12-14-22(15-13-21)36-32(39)40/h4-6,9-11,16-19,21-23,36,38H,2-3,7-8,12-15H2,1H3,(H,39,40)(H,34,35,37)/t21-,22-. The SMILES string of the molecule is Cc1cc(NS(=O)(=O)C2CCCC2)c2ccccc2c1Oc1ncccc1-c1ccnc(N[C@H]2CC[C@H](NC(=O)O)CC2)n1. The molecule has 0 aliphatic heterocycles. The molecular weight excluding hydrogens is 580 g/mol. The summed E-state index contributed by atoms with van der Waals surface area (Å²) in [4.78, 5) is 24.7. The molecule has 2 saturated carbocycles. The third kappa shape index (κ3) is 6.54. The molecule has 6 rings (SSSR count). The smallest absolute Gasteiger partial charge is 0.404 e. The zero-order valence-electron chi connectivity index (χ0n) is 24.5. The zero-order chi connectivity index (χ0) is 30.7. The molecule has 0 saturated heterocycles. The van der Waals surface area contributed by atoms with Gasteiger partial charge in [0, 0.05) is 35.2 Å². The van der Waals surface area contributed by atoms with Crippen molar-refractivity contribution in [3.05, 3.63) is 66.5 Å². The van der Waals surface area contributed by atoms with E-state index in [9.17, 15) is 13.2 Å². The van der Waals surface area contributed by atoms with Crippen LogP contribution in [0.1, 0.15) is 56.9 Å². The molecule has 2 aliphatic carbocycles. The maximum Gasteiger partial charge on any atom is 0.404 e. The summed E-state index contributed by atoms with van der Waals surface area (Å²) < 4.78 is 35.7. The molecule has 11 nitrogen and oxygen atoms in total. The lowest BCUT2D eigenvalue weighted by Gasteiger charge is -2.28. The zero-order valence-corrected chi connectivity index (χ0v) is 25.3. The van der Waals surface area contributed by atoms with Crippen molar-refractivity contribution >= 4 is 38.5 Å². The van der Waals surface area contributed by atoms with Crippen LogP contribution in [0.3, 0.4) is 0 Å². The normalized spacial score (nSPS) is 19.0. The first-order valence-electron chi connectivity index (χ1n) is 15.0. The van der Waals surface area contributed by atoms with E-state index < -0.39 is 16.1 Å². The lowest BCUT2D eigenvalue weighted by molar-refractivity contribution is 0.185. The minimum absolute atomic E-state index is 0.0333. The van der Waals surface area contributed by atoms with Crippen LogP contribution >= 0.6 is 0 Å². The average Bonchev–Trinajstić information content (AvgIpc) is 3.57. The van der Waals surface area contributed by atoms with Gasteiger partial charge in [0.05, 0.1) is 22.2 Å². The average molecular weight is 617 g/mol. The van der Waals surface area contributed by atoms with Crippen LogP contribution in [0.15, 0.2) is 60.9 Å². The highest BCUT2D eigenvalue weighted by atomic mass is 32.2. The minimum Gasteiger partial charge on any atom is -0.465 e. The quantitative estimate of drug-likeness (QED) is 0.166. The van der Waals surface area contributed by atoms with Crippen LogP contribution in [0.25, 0.3) is 22.0 Å². The van der Waals surface area contributed by atoms with Gasteiger partial charge in [-0.15, -0.1) is 0 Å². The summed E-state index contributed by atoms with van der Waals surface area (Å²) in [6.45, 7) is 1.89. The van der Waals surface area contributed by atoms with Gasteiger partial charge in [0.2, 0.25) is 21.9 Å². The second-order valence-electron chi connectivity index (χ2n) is 11.5. The van der Waals surface area contributed by atoms with Gasteiger partial charge in [-0.3, -0.25) is 4.72 Å². The number of pyridine rings is 1. The first-order chi connectivity index (χ1) is 21.3. The van der Waals surface area contributed by atoms with Crippen molar-refractivity contribution < 1.29 is 23.1 Å². The molecule has 2 heterocycles. The fourth-order valence-electron chi connectivity index (χ4n) is 6.22. The van der Waals surface area contributed by atoms with E-state index in [4.69, 9.17) is 14.8 Å². The Morgan fingerprint density at radius 3 is 2.39 bits per heavy atom. The first-order valence-corrected chi connectivity index (χ1v) is 16.6. The number of ether oxygens (including phenoxy) is 1. The van der Waals surface area contributed by atoms with Gasteiger partial charge in [0.1, 0.15) is 5.75 Å². The summed E-state index contributed by atoms with van der Waals surface area (Å²) in [5.41, 5.74) is 2.62. The fourth-order valence-corrected chi connectivity index (χ4v) is 7.82. The number of carboxylic acid groups (broad SMARTS) is 1. The number of nitrogens with one attached hydrogen (secondary N) is 3. The van der Waals surface area contributed by atoms with Crippen molar-refractivity contribution in [1.82, 2.24) is 20.3 Å². The number of nitrogens with zero attached hydrogens (tertiary/aromatic N) is 3. The molecule has 0 bridgehead atoms. The van der Waals surface area contributed by atoms with E-state index in [0.717, 1.165) is 54.9 Å². The number of hydrogen-bond donors (Lipinski definition) is 4. The molecule has 0 spiro atoms. The number of aromatic nitrogens is 3. The van der Waals surface area contributed by atoms with Crippen LogP contribution in [0, 0.1) is 6.92 Å². The Kier molecular flexibility index (Phi) is 8.51. The highest BCUT2D eigenvalue weighted by Gasteiger charge is 2.29. The van der Waals surface area contributed by atoms with E-state index in [1.807, 2.05) is 49.4 Å². The van der Waals surface area contributed by atoms with Crippen molar-refractivity contribution in [3.63, 3.8) is 0 Å². The molecule has 2 aromatic heterocycles. The molecule has 12 heteroatoms. The van der Waals surface area contributed by atoms with Gasteiger partial charge in [-0.25, -0.2) is 28.2 Å². The second kappa shape index (κ2) is 12.7. The van der Waals surface area contributed by atoms with Gasteiger partial charge < -0.3 is 20.5 Å². The molecule has 2 fully saturated rings. The second-order valence-corrected chi connectivity index (χ2v) is 13.5. The van der Waals surface area contributed by atoms with E-state index in [1.54, 1.807) is 18.5 Å². The number of carbonyl (C=O) groups is 1. The minimum atomic E-state index is -3.51. The van der Waals surface area contributed by atoms with E-state index in [2.05, 4.69) is 25.3 Å². The number of anilines is 2. The van der Waals surface area contributed by atoms with E-state index in [1.165, 1.54) is 0 Å². The number of benzene rings is 2. The number of hydrogen-bond acceptors (Lipinski definition) is 8. The molecule has 0 unspecified atom stereocenters. The van der Waals surface area contributed by atoms with Crippen molar-refractivity contribution in [3.8, 4) is 22.9 Å². The Labute approximate surface area is 256 Å². The van der Waals surface area contributed by atoms with Crippen LogP contribution in [-0.2, 0) is 10.0 Å². The maximum atomic E-state index is 13.1. The predicted octanol–water partition coefficient (Wildman–Crippen LogP) is 6.47. The number of sulfonamides is 1. The van der Waals surface area contributed by atoms with E-state index in [0.29, 0.717) is 47.4 Å². The molecular formula is C32H36N6O5S. The van der Waals surface area contributed by atoms with Crippen molar-refractivity contribution in [2.75, 3.05) is 10.0 Å². The van der Waals surface area contributed by atoms with E-state index >= 15 is 0 Å². The summed E-state index contributed by atoms with van der Waals surface area (Å²) in [6, 6.07) is 15.0.